The molecule has 0 bridgehead atoms. The Morgan fingerprint density at radius 1 is 1.18 bits per heavy atom. The predicted octanol–water partition coefficient (Wildman–Crippen LogP) is -3.09. The lowest BCUT2D eigenvalue weighted by atomic mass is 9.97. The lowest BCUT2D eigenvalue weighted by Crippen LogP contribution is -2.64. The van der Waals surface area contributed by atoms with Gasteiger partial charge in [0.05, 0.1) is 25.9 Å². The summed E-state index contributed by atoms with van der Waals surface area (Å²) >= 11 is 0. The largest absolute Gasteiger partial charge is 0.391 e. The van der Waals surface area contributed by atoms with E-state index in [1.165, 1.54) is 0 Å². The standard InChI is InChI=1S/C13H24O9/c1-7-2-12(19,5-14)22-9(7)4-21-13(6-15)11(18)10(17)8(16)3-20-13/h7-11,14-19H,2-6H2,1H3/t7-,8+,9+,10+,11+,12+,13-/m0/s1. The fraction of sp³-hybridized carbons (Fsp3) is 1.00. The summed E-state index contributed by atoms with van der Waals surface area (Å²) in [6, 6.07) is 0. The summed E-state index contributed by atoms with van der Waals surface area (Å²) in [6.45, 7) is 0.0702. The van der Waals surface area contributed by atoms with E-state index in [0.29, 0.717) is 0 Å². The van der Waals surface area contributed by atoms with Crippen LogP contribution in [-0.2, 0) is 14.2 Å². The number of hydrogen-bond acceptors (Lipinski definition) is 9. The summed E-state index contributed by atoms with van der Waals surface area (Å²) in [4.78, 5) is 0. The van der Waals surface area contributed by atoms with Crippen LogP contribution in [-0.4, -0.2) is 93.1 Å². The average molecular weight is 324 g/mol. The van der Waals surface area contributed by atoms with Crippen molar-refractivity contribution in [2.24, 2.45) is 5.92 Å². The first-order valence-corrected chi connectivity index (χ1v) is 7.21. The molecule has 22 heavy (non-hydrogen) atoms. The zero-order valence-electron chi connectivity index (χ0n) is 12.3. The van der Waals surface area contributed by atoms with E-state index < -0.39 is 49.2 Å². The zero-order valence-corrected chi connectivity index (χ0v) is 12.3. The summed E-state index contributed by atoms with van der Waals surface area (Å²) in [5, 5.41) is 57.6. The molecule has 6 N–H and O–H groups in total. The molecule has 0 saturated carbocycles. The Labute approximate surface area is 127 Å². The highest BCUT2D eigenvalue weighted by Crippen LogP contribution is 2.35. The maximum absolute atomic E-state index is 10.00. The summed E-state index contributed by atoms with van der Waals surface area (Å²) in [7, 11) is 0. The van der Waals surface area contributed by atoms with Crippen molar-refractivity contribution in [1.82, 2.24) is 0 Å². The van der Waals surface area contributed by atoms with Crippen molar-refractivity contribution in [3.05, 3.63) is 0 Å². The fourth-order valence-electron chi connectivity index (χ4n) is 2.80. The molecule has 9 heteroatoms. The van der Waals surface area contributed by atoms with Crippen LogP contribution in [0, 0.1) is 5.92 Å². The Bertz CT molecular complexity index is 381. The van der Waals surface area contributed by atoms with E-state index in [1.54, 1.807) is 6.92 Å². The van der Waals surface area contributed by atoms with Crippen molar-refractivity contribution < 1.29 is 44.8 Å². The Morgan fingerprint density at radius 2 is 1.86 bits per heavy atom. The molecule has 0 spiro atoms. The Morgan fingerprint density at radius 3 is 2.41 bits per heavy atom. The number of aliphatic hydroxyl groups excluding tert-OH is 5. The normalized spacial score (nSPS) is 49.5. The van der Waals surface area contributed by atoms with Crippen LogP contribution in [0.15, 0.2) is 0 Å². The molecular weight excluding hydrogens is 300 g/mol. The van der Waals surface area contributed by atoms with Gasteiger partial charge in [-0.05, 0) is 5.92 Å². The van der Waals surface area contributed by atoms with Gasteiger partial charge in [-0.15, -0.1) is 0 Å². The van der Waals surface area contributed by atoms with Gasteiger partial charge in [-0.1, -0.05) is 6.92 Å². The predicted molar refractivity (Wildman–Crippen MR) is 70.4 cm³/mol. The van der Waals surface area contributed by atoms with Crippen molar-refractivity contribution in [2.45, 2.75) is 49.3 Å². The second kappa shape index (κ2) is 6.63. The van der Waals surface area contributed by atoms with Crippen LogP contribution in [0.3, 0.4) is 0 Å². The summed E-state index contributed by atoms with van der Waals surface area (Å²) in [5.74, 6) is -3.65. The smallest absolute Gasteiger partial charge is 0.221 e. The Hall–Kier alpha value is -0.360. The van der Waals surface area contributed by atoms with Gasteiger partial charge in [0.2, 0.25) is 5.79 Å². The van der Waals surface area contributed by atoms with Crippen molar-refractivity contribution in [1.29, 1.82) is 0 Å². The first-order chi connectivity index (χ1) is 10.3. The van der Waals surface area contributed by atoms with E-state index in [2.05, 4.69) is 0 Å². The monoisotopic (exact) mass is 324 g/mol. The lowest BCUT2D eigenvalue weighted by Gasteiger charge is -2.44. The molecule has 2 saturated heterocycles. The molecule has 0 aliphatic carbocycles. The quantitative estimate of drug-likeness (QED) is 0.309. The fourth-order valence-corrected chi connectivity index (χ4v) is 2.80. The van der Waals surface area contributed by atoms with Gasteiger partial charge in [-0.3, -0.25) is 0 Å². The maximum atomic E-state index is 10.00. The molecule has 2 aliphatic heterocycles. The average Bonchev–Trinajstić information content (AvgIpc) is 2.80. The van der Waals surface area contributed by atoms with E-state index in [4.69, 9.17) is 19.3 Å². The molecule has 0 amide bonds. The van der Waals surface area contributed by atoms with Crippen LogP contribution in [0.1, 0.15) is 13.3 Å². The highest BCUT2D eigenvalue weighted by molar-refractivity contribution is 4.93. The van der Waals surface area contributed by atoms with Crippen LogP contribution >= 0.6 is 0 Å². The third-order valence-corrected chi connectivity index (χ3v) is 4.27. The molecule has 2 rings (SSSR count). The van der Waals surface area contributed by atoms with Crippen molar-refractivity contribution >= 4 is 0 Å². The van der Waals surface area contributed by atoms with E-state index in [1.807, 2.05) is 0 Å². The first kappa shape index (κ1) is 18.0. The SMILES string of the molecule is C[C@H]1C[C@](O)(CO)O[C@@H]1CO[C@]1(CO)OC[C@@H](O)[C@@H](O)[C@H]1O. The molecule has 0 radical (unpaired) electrons. The second-order valence-electron chi connectivity index (χ2n) is 6.04. The van der Waals surface area contributed by atoms with Crippen LogP contribution in [0.2, 0.25) is 0 Å². The van der Waals surface area contributed by atoms with E-state index >= 15 is 0 Å². The van der Waals surface area contributed by atoms with Gasteiger partial charge in [0.15, 0.2) is 5.79 Å². The first-order valence-electron chi connectivity index (χ1n) is 7.21. The van der Waals surface area contributed by atoms with Gasteiger partial charge >= 0.3 is 0 Å². The van der Waals surface area contributed by atoms with Crippen LogP contribution in [0.25, 0.3) is 0 Å². The number of ether oxygens (including phenoxy) is 3. The van der Waals surface area contributed by atoms with Crippen LogP contribution in [0.5, 0.6) is 0 Å². The molecule has 2 aliphatic rings. The van der Waals surface area contributed by atoms with Gasteiger partial charge in [0, 0.05) is 6.42 Å². The second-order valence-corrected chi connectivity index (χ2v) is 6.04. The van der Waals surface area contributed by atoms with E-state index in [0.717, 1.165) is 0 Å². The van der Waals surface area contributed by atoms with Crippen LogP contribution in [0.4, 0.5) is 0 Å². The van der Waals surface area contributed by atoms with Crippen LogP contribution < -0.4 is 0 Å². The van der Waals surface area contributed by atoms with Gasteiger partial charge in [-0.25, -0.2) is 0 Å². The van der Waals surface area contributed by atoms with Gasteiger partial charge in [-0.2, -0.15) is 0 Å². The van der Waals surface area contributed by atoms with Crippen molar-refractivity contribution in [3.63, 3.8) is 0 Å². The zero-order chi connectivity index (χ0) is 16.5. The lowest BCUT2D eigenvalue weighted by molar-refractivity contribution is -0.355. The molecule has 0 unspecified atom stereocenters. The molecule has 0 aromatic rings. The third-order valence-electron chi connectivity index (χ3n) is 4.27. The number of aliphatic hydroxyl groups is 6. The van der Waals surface area contributed by atoms with Gasteiger partial charge in [0.25, 0.3) is 0 Å². The summed E-state index contributed by atoms with van der Waals surface area (Å²) in [5.41, 5.74) is 0. The molecule has 130 valence electrons. The van der Waals surface area contributed by atoms with Gasteiger partial charge in [0.1, 0.15) is 24.9 Å². The minimum atomic E-state index is -1.87. The molecule has 9 nitrogen and oxygen atoms in total. The minimum Gasteiger partial charge on any atom is -0.391 e. The highest BCUT2D eigenvalue weighted by atomic mass is 16.7. The summed E-state index contributed by atoms with van der Waals surface area (Å²) < 4.78 is 15.9. The summed E-state index contributed by atoms with van der Waals surface area (Å²) in [6.07, 6.45) is -4.80. The molecule has 2 fully saturated rings. The molecule has 0 aromatic carbocycles. The third kappa shape index (κ3) is 3.28. The van der Waals surface area contributed by atoms with E-state index in [9.17, 15) is 25.5 Å². The van der Waals surface area contributed by atoms with Crippen molar-refractivity contribution in [2.75, 3.05) is 26.4 Å². The van der Waals surface area contributed by atoms with Crippen molar-refractivity contribution in [3.8, 4) is 0 Å². The van der Waals surface area contributed by atoms with Gasteiger partial charge < -0.3 is 44.8 Å². The topological polar surface area (TPSA) is 149 Å². The van der Waals surface area contributed by atoms with E-state index in [-0.39, 0.29) is 25.6 Å². The Kier molecular flexibility index (Phi) is 5.42. The number of rotatable bonds is 5. The highest BCUT2D eigenvalue weighted by Gasteiger charge is 2.52. The minimum absolute atomic E-state index is 0.135. The number of hydrogen-bond donors (Lipinski definition) is 6. The molecule has 7 atom stereocenters. The maximum Gasteiger partial charge on any atom is 0.221 e. The molecule has 2 heterocycles. The molecular formula is C13H24O9. The molecule has 0 aromatic heterocycles. The Balaban J connectivity index is 2.00.